The minimum Gasteiger partial charge on any atom is -0.458 e. The lowest BCUT2D eigenvalue weighted by molar-refractivity contribution is -0.160. The van der Waals surface area contributed by atoms with Gasteiger partial charge >= 0.3 is 17.9 Å². The molecule has 3 aliphatic rings. The summed E-state index contributed by atoms with van der Waals surface area (Å²) in [5.41, 5.74) is 0.265. The summed E-state index contributed by atoms with van der Waals surface area (Å²) in [5.74, 6) is -2.68. The third-order valence-electron chi connectivity index (χ3n) is 6.43. The number of hydrogen-bond acceptors (Lipinski definition) is 7. The van der Waals surface area contributed by atoms with Crippen LogP contribution in [0.3, 0.4) is 0 Å². The quantitative estimate of drug-likeness (QED) is 0.373. The van der Waals surface area contributed by atoms with Crippen molar-refractivity contribution in [3.8, 4) is 5.75 Å². The first-order valence-corrected chi connectivity index (χ1v) is 11.4. The zero-order valence-corrected chi connectivity index (χ0v) is 18.2. The number of esters is 3. The fraction of sp³-hybridized carbons (Fsp3) is 0.320. The molecule has 6 nitrogen and oxygen atoms in total. The van der Waals surface area contributed by atoms with E-state index in [2.05, 4.69) is 6.58 Å². The molecule has 3 fully saturated rings. The van der Waals surface area contributed by atoms with Crippen molar-refractivity contribution >= 4 is 29.7 Å². The van der Waals surface area contributed by atoms with Gasteiger partial charge < -0.3 is 14.2 Å². The van der Waals surface area contributed by atoms with E-state index in [9.17, 15) is 14.4 Å². The van der Waals surface area contributed by atoms with Gasteiger partial charge in [-0.1, -0.05) is 36.5 Å². The van der Waals surface area contributed by atoms with Crippen LogP contribution in [0.2, 0.25) is 0 Å². The average Bonchev–Trinajstić information content (AvgIpc) is 3.39. The molecule has 2 saturated carbocycles. The van der Waals surface area contributed by atoms with E-state index < -0.39 is 42.0 Å². The van der Waals surface area contributed by atoms with E-state index in [1.54, 1.807) is 30.8 Å². The smallest absolute Gasteiger partial charge is 0.333 e. The van der Waals surface area contributed by atoms with Crippen molar-refractivity contribution in [2.45, 2.75) is 35.3 Å². The summed E-state index contributed by atoms with van der Waals surface area (Å²) in [6, 6.07) is 17.2. The molecule has 0 N–H and O–H groups in total. The molecular formula is C25H22O6S. The molecule has 164 valence electrons. The van der Waals surface area contributed by atoms with Crippen molar-refractivity contribution in [2.75, 3.05) is 0 Å². The third kappa shape index (κ3) is 3.60. The summed E-state index contributed by atoms with van der Waals surface area (Å²) < 4.78 is 16.7. The summed E-state index contributed by atoms with van der Waals surface area (Å²) in [6.45, 7) is 5.16. The second-order valence-corrected chi connectivity index (χ2v) is 9.62. The standard InChI is InChI=1S/C25H22O6S/c1-13(2)23(26)30-21-17-12-18-20(25(28)31-22(18)21)19(17)24(27)29-14-8-10-16(11-9-14)32-15-6-4-3-5-7-15/h3-11,17-22H,1,12H2,2H3. The molecule has 5 rings (SSSR count). The van der Waals surface area contributed by atoms with E-state index in [-0.39, 0.29) is 17.4 Å². The van der Waals surface area contributed by atoms with Crippen molar-refractivity contribution in [1.82, 2.24) is 0 Å². The highest BCUT2D eigenvalue weighted by molar-refractivity contribution is 7.99. The molecule has 2 aromatic rings. The number of ether oxygens (including phenoxy) is 3. The molecule has 1 heterocycles. The maximum atomic E-state index is 13.1. The van der Waals surface area contributed by atoms with Crippen molar-refractivity contribution in [3.05, 3.63) is 66.7 Å². The number of carbonyl (C=O) groups is 3. The highest BCUT2D eigenvalue weighted by Gasteiger charge is 2.70. The van der Waals surface area contributed by atoms with E-state index in [0.29, 0.717) is 12.2 Å². The van der Waals surface area contributed by atoms with Crippen LogP contribution in [0.25, 0.3) is 0 Å². The lowest BCUT2D eigenvalue weighted by Gasteiger charge is -2.30. The molecule has 2 aliphatic carbocycles. The molecular weight excluding hydrogens is 428 g/mol. The molecule has 32 heavy (non-hydrogen) atoms. The molecule has 0 radical (unpaired) electrons. The fourth-order valence-electron chi connectivity index (χ4n) is 5.08. The summed E-state index contributed by atoms with van der Waals surface area (Å²) in [5, 5.41) is 0. The van der Waals surface area contributed by atoms with Gasteiger partial charge in [0.2, 0.25) is 0 Å². The van der Waals surface area contributed by atoms with Crippen LogP contribution in [0.4, 0.5) is 0 Å². The van der Waals surface area contributed by atoms with Gasteiger partial charge in [0.1, 0.15) is 18.0 Å². The van der Waals surface area contributed by atoms with E-state index in [1.807, 2.05) is 42.5 Å². The lowest BCUT2D eigenvalue weighted by atomic mass is 9.78. The Hall–Kier alpha value is -3.06. The Morgan fingerprint density at radius 3 is 2.41 bits per heavy atom. The highest BCUT2D eigenvalue weighted by Crippen LogP contribution is 2.59. The summed E-state index contributed by atoms with van der Waals surface area (Å²) in [6.07, 6.45) is -0.532. The van der Waals surface area contributed by atoms with Gasteiger partial charge in [0.15, 0.2) is 0 Å². The SMILES string of the molecule is C=C(C)C(=O)OC1C2CC3C1OC(=O)C3C2C(=O)Oc1ccc(Sc2ccccc2)cc1. The molecule has 1 saturated heterocycles. The van der Waals surface area contributed by atoms with Gasteiger partial charge in [-0.15, -0.1) is 0 Å². The van der Waals surface area contributed by atoms with Crippen molar-refractivity contribution in [2.24, 2.45) is 23.7 Å². The van der Waals surface area contributed by atoms with Crippen LogP contribution in [0.5, 0.6) is 5.75 Å². The molecule has 6 atom stereocenters. The zero-order valence-electron chi connectivity index (χ0n) is 17.4. The first-order chi connectivity index (χ1) is 15.4. The number of hydrogen-bond donors (Lipinski definition) is 0. The van der Waals surface area contributed by atoms with E-state index in [1.165, 1.54) is 0 Å². The molecule has 0 spiro atoms. The third-order valence-corrected chi connectivity index (χ3v) is 7.45. The van der Waals surface area contributed by atoms with Gasteiger partial charge in [-0.2, -0.15) is 0 Å². The highest BCUT2D eigenvalue weighted by atomic mass is 32.2. The molecule has 2 bridgehead atoms. The van der Waals surface area contributed by atoms with Gasteiger partial charge in [-0.05, 0) is 49.7 Å². The summed E-state index contributed by atoms with van der Waals surface area (Å²) in [7, 11) is 0. The number of carbonyl (C=O) groups excluding carboxylic acids is 3. The topological polar surface area (TPSA) is 78.9 Å². The number of fused-ring (bicyclic) bond motifs is 1. The Balaban J connectivity index is 1.29. The number of benzene rings is 2. The van der Waals surface area contributed by atoms with Gasteiger partial charge in [0.25, 0.3) is 0 Å². The molecule has 0 amide bonds. The summed E-state index contributed by atoms with van der Waals surface area (Å²) >= 11 is 1.61. The Bertz CT molecular complexity index is 1080. The Labute approximate surface area is 189 Å². The zero-order chi connectivity index (χ0) is 22.4. The lowest BCUT2D eigenvalue weighted by Crippen LogP contribution is -2.44. The first-order valence-electron chi connectivity index (χ1n) is 10.5. The normalized spacial score (nSPS) is 29.5. The van der Waals surface area contributed by atoms with E-state index in [4.69, 9.17) is 14.2 Å². The maximum absolute atomic E-state index is 13.1. The van der Waals surface area contributed by atoms with Crippen LogP contribution in [0.15, 0.2) is 76.5 Å². The van der Waals surface area contributed by atoms with Crippen LogP contribution in [0, 0.1) is 23.7 Å². The van der Waals surface area contributed by atoms with Crippen LogP contribution >= 0.6 is 11.8 Å². The van der Waals surface area contributed by atoms with Crippen LogP contribution in [-0.2, 0) is 23.9 Å². The summed E-state index contributed by atoms with van der Waals surface area (Å²) in [4.78, 5) is 39.8. The first kappa shape index (κ1) is 20.8. The minimum absolute atomic E-state index is 0.127. The van der Waals surface area contributed by atoms with E-state index in [0.717, 1.165) is 9.79 Å². The fourth-order valence-corrected chi connectivity index (χ4v) is 5.92. The van der Waals surface area contributed by atoms with Gasteiger partial charge in [0.05, 0.1) is 11.8 Å². The van der Waals surface area contributed by atoms with Crippen LogP contribution in [0.1, 0.15) is 13.3 Å². The molecule has 6 unspecified atom stereocenters. The number of rotatable bonds is 6. The monoisotopic (exact) mass is 450 g/mol. The molecule has 7 heteroatoms. The minimum atomic E-state index is -0.687. The average molecular weight is 451 g/mol. The van der Waals surface area contributed by atoms with Gasteiger partial charge in [-0.3, -0.25) is 9.59 Å². The van der Waals surface area contributed by atoms with Crippen molar-refractivity contribution in [3.63, 3.8) is 0 Å². The molecule has 2 aromatic carbocycles. The van der Waals surface area contributed by atoms with Crippen LogP contribution in [-0.4, -0.2) is 30.1 Å². The molecule has 1 aliphatic heterocycles. The second kappa shape index (κ2) is 8.13. The van der Waals surface area contributed by atoms with Crippen molar-refractivity contribution in [1.29, 1.82) is 0 Å². The predicted molar refractivity (Wildman–Crippen MR) is 116 cm³/mol. The van der Waals surface area contributed by atoms with Crippen LogP contribution < -0.4 is 4.74 Å². The molecule has 0 aromatic heterocycles. The Morgan fingerprint density at radius 1 is 1.03 bits per heavy atom. The largest absolute Gasteiger partial charge is 0.458 e. The van der Waals surface area contributed by atoms with E-state index >= 15 is 0 Å². The van der Waals surface area contributed by atoms with Gasteiger partial charge in [0, 0.05) is 27.2 Å². The second-order valence-electron chi connectivity index (χ2n) is 8.47. The van der Waals surface area contributed by atoms with Crippen molar-refractivity contribution < 1.29 is 28.6 Å². The van der Waals surface area contributed by atoms with Gasteiger partial charge in [-0.25, -0.2) is 4.79 Å². The Morgan fingerprint density at radius 2 is 1.72 bits per heavy atom. The maximum Gasteiger partial charge on any atom is 0.333 e. The Kier molecular flexibility index (Phi) is 5.29. The predicted octanol–water partition coefficient (Wildman–Crippen LogP) is 4.04.